The number of carbonyl (C=O) groups is 1. The van der Waals surface area contributed by atoms with Gasteiger partial charge in [0.05, 0.1) is 29.2 Å². The molecule has 168 valence electrons. The topological polar surface area (TPSA) is 96.5 Å². The molecular formula is C24H26FN3O4. The Kier molecular flexibility index (Phi) is 5.40. The molecule has 2 aromatic carbocycles. The summed E-state index contributed by atoms with van der Waals surface area (Å²) >= 11 is 0. The molecule has 0 aromatic heterocycles. The predicted octanol–water partition coefficient (Wildman–Crippen LogP) is 3.58. The lowest BCUT2D eigenvalue weighted by Crippen LogP contribution is -2.39. The quantitative estimate of drug-likeness (QED) is 0.596. The molecule has 0 saturated heterocycles. The molecule has 32 heavy (non-hydrogen) atoms. The van der Waals surface area contributed by atoms with Gasteiger partial charge in [0.2, 0.25) is 0 Å². The van der Waals surface area contributed by atoms with Crippen molar-refractivity contribution in [3.63, 3.8) is 0 Å². The van der Waals surface area contributed by atoms with Crippen LogP contribution in [0.3, 0.4) is 0 Å². The van der Waals surface area contributed by atoms with E-state index < -0.39 is 28.1 Å². The Morgan fingerprint density at radius 2 is 1.84 bits per heavy atom. The monoisotopic (exact) mass is 439 g/mol. The van der Waals surface area contributed by atoms with Crippen molar-refractivity contribution in [3.8, 4) is 0 Å². The number of nitrogens with one attached hydrogen (secondary N) is 3. The maximum atomic E-state index is 14.7. The zero-order chi connectivity index (χ0) is 23.2. The molecule has 7 nitrogen and oxygen atoms in total. The lowest BCUT2D eigenvalue weighted by Gasteiger charge is -2.24. The first kappa shape index (κ1) is 21.8. The maximum absolute atomic E-state index is 14.7. The number of hydrogen-bond donors (Lipinski definition) is 3. The molecule has 2 aliphatic heterocycles. The fourth-order valence-corrected chi connectivity index (χ4v) is 4.25. The minimum Gasteiger partial charge on any atom is -0.498 e. The van der Waals surface area contributed by atoms with Gasteiger partial charge in [-0.1, -0.05) is 19.1 Å². The Bertz CT molecular complexity index is 1230. The van der Waals surface area contributed by atoms with E-state index in [1.54, 1.807) is 6.07 Å². The third-order valence-corrected chi connectivity index (χ3v) is 6.07. The first-order valence-corrected chi connectivity index (χ1v) is 10.7. The van der Waals surface area contributed by atoms with Crippen molar-refractivity contribution in [2.24, 2.45) is 0 Å². The molecule has 4 rings (SSSR count). The van der Waals surface area contributed by atoms with Crippen molar-refractivity contribution < 1.29 is 13.9 Å². The van der Waals surface area contributed by atoms with Crippen LogP contribution in [0, 0.1) is 5.82 Å². The summed E-state index contributed by atoms with van der Waals surface area (Å²) < 4.78 is 20.3. The molecule has 8 heteroatoms. The standard InChI is InChI=1S/C24H26FN3O4/c1-5-16(13-7-6-12(2)32-11-10-13)26-19-20(22(30)21(19)29)27-18-15(25)9-8-14-17(18)23(31)28-24(14,3)4/h6-9,16,26-27H,5,10-11H2,1-4H3,(H,28,31)/t16-/m1/s1. The molecule has 0 bridgehead atoms. The van der Waals surface area contributed by atoms with Crippen LogP contribution in [0.2, 0.25) is 0 Å². The van der Waals surface area contributed by atoms with Crippen LogP contribution in [0.1, 0.15) is 56.5 Å². The molecule has 2 aromatic rings. The van der Waals surface area contributed by atoms with E-state index in [-0.39, 0.29) is 28.7 Å². The fraction of sp³-hybridized carbons (Fsp3) is 0.375. The molecule has 0 saturated carbocycles. The van der Waals surface area contributed by atoms with E-state index in [1.807, 2.05) is 39.8 Å². The summed E-state index contributed by atoms with van der Waals surface area (Å²) in [4.78, 5) is 37.3. The van der Waals surface area contributed by atoms with Gasteiger partial charge in [0, 0.05) is 12.5 Å². The second kappa shape index (κ2) is 7.93. The van der Waals surface area contributed by atoms with Crippen LogP contribution in [-0.4, -0.2) is 18.6 Å². The molecule has 0 fully saturated rings. The number of allylic oxidation sites excluding steroid dienone is 3. The van der Waals surface area contributed by atoms with Crippen LogP contribution in [0.4, 0.5) is 21.5 Å². The summed E-state index contributed by atoms with van der Waals surface area (Å²) in [5.74, 6) is -0.301. The molecule has 0 spiro atoms. The van der Waals surface area contributed by atoms with Crippen LogP contribution in [-0.2, 0) is 10.3 Å². The molecular weight excluding hydrogens is 413 g/mol. The minimum atomic E-state index is -0.744. The summed E-state index contributed by atoms with van der Waals surface area (Å²) in [5.41, 5.74) is -0.309. The Hall–Kier alpha value is -3.42. The van der Waals surface area contributed by atoms with Crippen molar-refractivity contribution in [1.29, 1.82) is 0 Å². The molecule has 2 aliphatic rings. The second-order valence-corrected chi connectivity index (χ2v) is 8.68. The van der Waals surface area contributed by atoms with E-state index in [9.17, 15) is 18.8 Å². The van der Waals surface area contributed by atoms with Gasteiger partial charge in [-0.15, -0.1) is 0 Å². The van der Waals surface area contributed by atoms with Gasteiger partial charge in [-0.05, 0) is 50.5 Å². The summed E-state index contributed by atoms with van der Waals surface area (Å²) in [5, 5.41) is 8.71. The lowest BCUT2D eigenvalue weighted by atomic mass is 9.93. The van der Waals surface area contributed by atoms with Crippen molar-refractivity contribution in [3.05, 3.63) is 73.0 Å². The molecule has 0 radical (unpaired) electrons. The van der Waals surface area contributed by atoms with Gasteiger partial charge < -0.3 is 20.7 Å². The summed E-state index contributed by atoms with van der Waals surface area (Å²) in [7, 11) is 0. The molecule has 1 atom stereocenters. The second-order valence-electron chi connectivity index (χ2n) is 8.68. The van der Waals surface area contributed by atoms with Gasteiger partial charge in [-0.25, -0.2) is 4.39 Å². The van der Waals surface area contributed by atoms with Gasteiger partial charge in [0.25, 0.3) is 16.8 Å². The Morgan fingerprint density at radius 1 is 1.12 bits per heavy atom. The van der Waals surface area contributed by atoms with E-state index in [0.717, 1.165) is 11.3 Å². The molecule has 3 N–H and O–H groups in total. The predicted molar refractivity (Wildman–Crippen MR) is 122 cm³/mol. The third-order valence-electron chi connectivity index (χ3n) is 6.07. The van der Waals surface area contributed by atoms with Gasteiger partial charge in [-0.2, -0.15) is 0 Å². The number of ether oxygens (including phenoxy) is 1. The van der Waals surface area contributed by atoms with Crippen LogP contribution in [0.5, 0.6) is 0 Å². The van der Waals surface area contributed by atoms with Crippen molar-refractivity contribution in [1.82, 2.24) is 5.32 Å². The number of hydrogen-bond acceptors (Lipinski definition) is 6. The van der Waals surface area contributed by atoms with Gasteiger partial charge in [0.15, 0.2) is 0 Å². The SMILES string of the molecule is CC[C@@H](Nc1c(Nc2c(F)ccc3c2C(=O)NC3(C)C)c(=O)c1=O)C1=CC=C(C)OCC1. The number of rotatable bonds is 6. The molecule has 0 unspecified atom stereocenters. The van der Waals surface area contributed by atoms with Crippen molar-refractivity contribution in [2.45, 2.75) is 52.1 Å². The summed E-state index contributed by atoms with van der Waals surface area (Å²) in [6.45, 7) is 7.99. The first-order valence-electron chi connectivity index (χ1n) is 10.7. The van der Waals surface area contributed by atoms with Crippen LogP contribution in [0.25, 0.3) is 0 Å². The van der Waals surface area contributed by atoms with Crippen LogP contribution < -0.4 is 26.8 Å². The van der Waals surface area contributed by atoms with Gasteiger partial charge >= 0.3 is 0 Å². The molecule has 1 amide bonds. The number of anilines is 3. The van der Waals surface area contributed by atoms with E-state index in [1.165, 1.54) is 6.07 Å². The number of carbonyl (C=O) groups excluding carboxylic acids is 1. The minimum absolute atomic E-state index is 0.0320. The molecule has 2 heterocycles. The van der Waals surface area contributed by atoms with Crippen LogP contribution in [0.15, 0.2) is 45.2 Å². The average molecular weight is 439 g/mol. The Balaban J connectivity index is 1.67. The zero-order valence-corrected chi connectivity index (χ0v) is 18.5. The highest BCUT2D eigenvalue weighted by atomic mass is 19.1. The number of fused-ring (bicyclic) bond motifs is 1. The zero-order valence-electron chi connectivity index (χ0n) is 18.5. The smallest absolute Gasteiger partial charge is 0.254 e. The van der Waals surface area contributed by atoms with E-state index in [0.29, 0.717) is 25.0 Å². The summed E-state index contributed by atoms with van der Waals surface area (Å²) in [6, 6.07) is 2.61. The lowest BCUT2D eigenvalue weighted by molar-refractivity contribution is 0.0940. The van der Waals surface area contributed by atoms with Gasteiger partial charge in [0.1, 0.15) is 17.2 Å². The normalized spacial score (nSPS) is 18.1. The van der Waals surface area contributed by atoms with E-state index in [2.05, 4.69) is 16.0 Å². The number of halogens is 1. The third kappa shape index (κ3) is 3.59. The fourth-order valence-electron chi connectivity index (χ4n) is 4.25. The Labute approximate surface area is 185 Å². The number of benzene rings is 1. The van der Waals surface area contributed by atoms with Crippen LogP contribution >= 0.6 is 0 Å². The van der Waals surface area contributed by atoms with Gasteiger partial charge in [-0.3, -0.25) is 14.4 Å². The largest absolute Gasteiger partial charge is 0.498 e. The highest BCUT2D eigenvalue weighted by Crippen LogP contribution is 2.38. The van der Waals surface area contributed by atoms with Crippen molar-refractivity contribution >= 4 is 23.0 Å². The summed E-state index contributed by atoms with van der Waals surface area (Å²) in [6.07, 6.45) is 5.17. The number of amides is 1. The molecule has 0 aliphatic carbocycles. The highest BCUT2D eigenvalue weighted by molar-refractivity contribution is 6.06. The maximum Gasteiger partial charge on any atom is 0.254 e. The van der Waals surface area contributed by atoms with Crippen molar-refractivity contribution in [2.75, 3.05) is 17.2 Å². The van der Waals surface area contributed by atoms with E-state index >= 15 is 0 Å². The average Bonchev–Trinajstić information content (AvgIpc) is 2.87. The van der Waals surface area contributed by atoms with E-state index in [4.69, 9.17) is 4.74 Å². The first-order chi connectivity index (χ1) is 15.1. The Morgan fingerprint density at radius 3 is 2.56 bits per heavy atom. The highest BCUT2D eigenvalue weighted by Gasteiger charge is 2.38.